The highest BCUT2D eigenvalue weighted by Gasteiger charge is 2.42. The number of alkyl halides is 1. The van der Waals surface area contributed by atoms with E-state index in [1.54, 1.807) is 0 Å². The van der Waals surface area contributed by atoms with Crippen LogP contribution in [0.2, 0.25) is 0 Å². The van der Waals surface area contributed by atoms with Gasteiger partial charge in [0.15, 0.2) is 0 Å². The average molecular weight is 386 g/mol. The quantitative estimate of drug-likeness (QED) is 0.712. The van der Waals surface area contributed by atoms with Crippen LogP contribution in [0.3, 0.4) is 0 Å². The maximum atomic E-state index is 15.0. The fraction of sp³-hybridized carbons (Fsp3) is 0.391. The summed E-state index contributed by atoms with van der Waals surface area (Å²) >= 11 is 0. The van der Waals surface area contributed by atoms with Gasteiger partial charge in [0.25, 0.3) is 0 Å². The molecular formula is C23H25F3N2. The molecule has 1 aliphatic carbocycles. The molecule has 0 spiro atoms. The minimum Gasteiger partial charge on any atom is -0.399 e. The Balaban J connectivity index is 1.91. The van der Waals surface area contributed by atoms with Crippen LogP contribution in [0.15, 0.2) is 42.0 Å². The Bertz CT molecular complexity index is 936. The van der Waals surface area contributed by atoms with Crippen LogP contribution in [-0.2, 0) is 6.42 Å². The molecule has 2 nitrogen and oxygen atoms in total. The maximum Gasteiger partial charge on any atom is 0.133 e. The van der Waals surface area contributed by atoms with E-state index in [0.29, 0.717) is 6.42 Å². The van der Waals surface area contributed by atoms with Crippen LogP contribution in [0.25, 0.3) is 5.57 Å². The van der Waals surface area contributed by atoms with Crippen molar-refractivity contribution in [2.75, 3.05) is 12.3 Å². The van der Waals surface area contributed by atoms with Crippen LogP contribution in [-0.4, -0.2) is 23.2 Å². The van der Waals surface area contributed by atoms with Crippen molar-refractivity contribution < 1.29 is 13.2 Å². The molecular weight excluding hydrogens is 361 g/mol. The fourth-order valence-electron chi connectivity index (χ4n) is 4.71. The normalized spacial score (nSPS) is 22.4. The Morgan fingerprint density at radius 1 is 1.14 bits per heavy atom. The van der Waals surface area contributed by atoms with E-state index in [4.69, 9.17) is 5.73 Å². The van der Waals surface area contributed by atoms with E-state index in [1.807, 2.05) is 24.0 Å². The first-order valence-electron chi connectivity index (χ1n) is 9.65. The summed E-state index contributed by atoms with van der Waals surface area (Å²) in [6, 6.07) is 9.67. The highest BCUT2D eigenvalue weighted by atomic mass is 19.1. The van der Waals surface area contributed by atoms with E-state index in [0.717, 1.165) is 40.8 Å². The van der Waals surface area contributed by atoms with Gasteiger partial charge in [0.1, 0.15) is 17.3 Å². The van der Waals surface area contributed by atoms with Crippen LogP contribution < -0.4 is 5.73 Å². The lowest BCUT2D eigenvalue weighted by Crippen LogP contribution is -2.47. The topological polar surface area (TPSA) is 29.3 Å². The molecule has 0 saturated carbocycles. The number of rotatable bonds is 3. The standard InChI is InChI=1S/C23H25F3N2/c1-13-8-17-16-7-5-4-6-14(16)9-18(17)22(28(13)12-23(2,3)26)21-19(24)10-15(27)11-20(21)25/h4-7,10-11,13,22H,8-9,12,27H2,1-3H3/t13-,22+/m1/s1. The number of nitrogen functional groups attached to an aromatic ring is 1. The Hall–Kier alpha value is -2.27. The summed E-state index contributed by atoms with van der Waals surface area (Å²) in [4.78, 5) is 1.91. The zero-order valence-electron chi connectivity index (χ0n) is 16.4. The van der Waals surface area contributed by atoms with E-state index in [-0.39, 0.29) is 23.8 Å². The SMILES string of the molecule is C[C@@H]1CC2=C(Cc3ccccc32)[C@@H](c2c(F)cc(N)cc2F)N1CC(C)(C)F. The van der Waals surface area contributed by atoms with Crippen molar-refractivity contribution in [2.24, 2.45) is 0 Å². The van der Waals surface area contributed by atoms with Crippen molar-refractivity contribution in [3.63, 3.8) is 0 Å². The van der Waals surface area contributed by atoms with E-state index in [9.17, 15) is 13.2 Å². The number of fused-ring (bicyclic) bond motifs is 2. The Morgan fingerprint density at radius 3 is 2.43 bits per heavy atom. The number of hydrogen-bond acceptors (Lipinski definition) is 2. The molecule has 0 unspecified atom stereocenters. The lowest BCUT2D eigenvalue weighted by molar-refractivity contribution is 0.0677. The molecule has 0 bridgehead atoms. The number of halogens is 3. The van der Waals surface area contributed by atoms with Gasteiger partial charge in [-0.05, 0) is 68.0 Å². The lowest BCUT2D eigenvalue weighted by Gasteiger charge is -2.44. The van der Waals surface area contributed by atoms with E-state index >= 15 is 0 Å². The molecule has 1 aliphatic heterocycles. The Labute approximate surface area is 163 Å². The van der Waals surface area contributed by atoms with Gasteiger partial charge in [-0.15, -0.1) is 0 Å². The lowest BCUT2D eigenvalue weighted by atomic mass is 9.84. The third kappa shape index (κ3) is 3.22. The predicted molar refractivity (Wildman–Crippen MR) is 107 cm³/mol. The summed E-state index contributed by atoms with van der Waals surface area (Å²) in [6.07, 6.45) is 1.35. The smallest absolute Gasteiger partial charge is 0.133 e. The molecule has 1 heterocycles. The van der Waals surface area contributed by atoms with Gasteiger partial charge in [-0.25, -0.2) is 13.2 Å². The predicted octanol–water partition coefficient (Wildman–Crippen LogP) is 5.44. The number of nitrogens with two attached hydrogens (primary N) is 1. The van der Waals surface area contributed by atoms with Gasteiger partial charge in [-0.1, -0.05) is 24.3 Å². The molecule has 0 saturated heterocycles. The van der Waals surface area contributed by atoms with Crippen molar-refractivity contribution in [1.82, 2.24) is 4.90 Å². The second-order valence-corrected chi connectivity index (χ2v) is 8.58. The van der Waals surface area contributed by atoms with Crippen LogP contribution in [0, 0.1) is 11.6 Å². The summed E-state index contributed by atoms with van der Waals surface area (Å²) in [5.41, 5.74) is 8.55. The Kier molecular flexibility index (Phi) is 4.53. The van der Waals surface area contributed by atoms with Gasteiger partial charge < -0.3 is 5.73 Å². The van der Waals surface area contributed by atoms with Crippen molar-refractivity contribution in [3.8, 4) is 0 Å². The second-order valence-electron chi connectivity index (χ2n) is 8.58. The Morgan fingerprint density at radius 2 is 1.79 bits per heavy atom. The molecule has 0 radical (unpaired) electrons. The van der Waals surface area contributed by atoms with E-state index in [2.05, 4.69) is 12.1 Å². The third-order valence-electron chi connectivity index (χ3n) is 5.77. The van der Waals surface area contributed by atoms with E-state index in [1.165, 1.54) is 13.8 Å². The largest absolute Gasteiger partial charge is 0.399 e. The van der Waals surface area contributed by atoms with Crippen molar-refractivity contribution in [1.29, 1.82) is 0 Å². The van der Waals surface area contributed by atoms with Gasteiger partial charge >= 0.3 is 0 Å². The monoisotopic (exact) mass is 386 g/mol. The zero-order valence-corrected chi connectivity index (χ0v) is 16.4. The molecule has 0 aromatic heterocycles. The number of hydrogen-bond donors (Lipinski definition) is 1. The molecule has 148 valence electrons. The molecule has 28 heavy (non-hydrogen) atoms. The van der Waals surface area contributed by atoms with Gasteiger partial charge in [-0.3, -0.25) is 4.90 Å². The van der Waals surface area contributed by atoms with Gasteiger partial charge in [0, 0.05) is 23.8 Å². The average Bonchev–Trinajstić information content (AvgIpc) is 2.94. The van der Waals surface area contributed by atoms with Gasteiger partial charge in [0.2, 0.25) is 0 Å². The number of nitrogens with zero attached hydrogens (tertiary/aromatic N) is 1. The first kappa shape index (κ1) is 19.1. The molecule has 5 heteroatoms. The zero-order chi connectivity index (χ0) is 20.2. The number of anilines is 1. The van der Waals surface area contributed by atoms with Crippen molar-refractivity contribution in [3.05, 3.63) is 70.3 Å². The molecule has 0 fully saturated rings. The van der Waals surface area contributed by atoms with Crippen molar-refractivity contribution in [2.45, 2.75) is 51.4 Å². The summed E-state index contributed by atoms with van der Waals surface area (Å²) in [7, 11) is 0. The molecule has 0 amide bonds. The highest BCUT2D eigenvalue weighted by molar-refractivity contribution is 5.79. The minimum atomic E-state index is -1.49. The first-order valence-corrected chi connectivity index (χ1v) is 9.65. The molecule has 2 aliphatic rings. The molecule has 2 N–H and O–H groups in total. The molecule has 2 aromatic rings. The first-order chi connectivity index (χ1) is 13.2. The summed E-state index contributed by atoms with van der Waals surface area (Å²) < 4.78 is 44.5. The summed E-state index contributed by atoms with van der Waals surface area (Å²) in [5.74, 6) is -1.36. The van der Waals surface area contributed by atoms with Crippen LogP contribution in [0.5, 0.6) is 0 Å². The minimum absolute atomic E-state index is 0.0368. The van der Waals surface area contributed by atoms with Crippen LogP contribution in [0.4, 0.5) is 18.9 Å². The summed E-state index contributed by atoms with van der Waals surface area (Å²) in [6.45, 7) is 5.09. The van der Waals surface area contributed by atoms with Gasteiger partial charge in [-0.2, -0.15) is 0 Å². The second kappa shape index (κ2) is 6.66. The van der Waals surface area contributed by atoms with Gasteiger partial charge in [0.05, 0.1) is 6.04 Å². The van der Waals surface area contributed by atoms with Crippen molar-refractivity contribution >= 4 is 11.3 Å². The third-order valence-corrected chi connectivity index (χ3v) is 5.77. The van der Waals surface area contributed by atoms with Crippen LogP contribution in [0.1, 0.15) is 49.9 Å². The fourth-order valence-corrected chi connectivity index (χ4v) is 4.71. The maximum absolute atomic E-state index is 15.0. The highest BCUT2D eigenvalue weighted by Crippen LogP contribution is 2.50. The van der Waals surface area contributed by atoms with Crippen LogP contribution >= 0.6 is 0 Å². The van der Waals surface area contributed by atoms with E-state index < -0.39 is 23.3 Å². The number of benzene rings is 2. The molecule has 2 atom stereocenters. The summed E-state index contributed by atoms with van der Waals surface area (Å²) in [5, 5.41) is 0. The molecule has 2 aromatic carbocycles. The molecule has 4 rings (SSSR count).